The van der Waals surface area contributed by atoms with Gasteiger partial charge in [-0.2, -0.15) is 0 Å². The van der Waals surface area contributed by atoms with Crippen LogP contribution in [0.4, 0.5) is 4.79 Å². The number of likely N-dealkylation sites (tertiary alicyclic amines) is 1. The van der Waals surface area contributed by atoms with Crippen molar-refractivity contribution in [2.75, 3.05) is 13.1 Å². The molecule has 0 bridgehead atoms. The second-order valence-electron chi connectivity index (χ2n) is 4.86. The average Bonchev–Trinajstić information content (AvgIpc) is 2.66. The van der Waals surface area contributed by atoms with Crippen molar-refractivity contribution in [3.05, 3.63) is 29.6 Å². The molecule has 0 spiro atoms. The minimum Gasteiger partial charge on any atom is -0.334 e. The summed E-state index contributed by atoms with van der Waals surface area (Å²) in [7, 11) is 0. The Morgan fingerprint density at radius 2 is 2.06 bits per heavy atom. The molecule has 1 aliphatic heterocycles. The summed E-state index contributed by atoms with van der Waals surface area (Å²) in [6.07, 6.45) is 8.32. The highest BCUT2D eigenvalue weighted by Gasteiger charge is 2.14. The maximum absolute atomic E-state index is 12.0. The summed E-state index contributed by atoms with van der Waals surface area (Å²) in [5.74, 6) is 0. The van der Waals surface area contributed by atoms with Gasteiger partial charge in [0.15, 0.2) is 0 Å². The lowest BCUT2D eigenvalue weighted by Gasteiger charge is -2.21. The molecule has 1 aliphatic rings. The van der Waals surface area contributed by atoms with E-state index in [1.807, 2.05) is 24.1 Å². The Hall–Kier alpha value is -1.58. The molecule has 2 heterocycles. The van der Waals surface area contributed by atoms with Gasteiger partial charge in [0, 0.05) is 32.0 Å². The maximum atomic E-state index is 12.0. The summed E-state index contributed by atoms with van der Waals surface area (Å²) < 4.78 is 0. The molecule has 1 fully saturated rings. The van der Waals surface area contributed by atoms with Crippen molar-refractivity contribution in [2.24, 2.45) is 0 Å². The zero-order valence-corrected chi connectivity index (χ0v) is 11.0. The summed E-state index contributed by atoms with van der Waals surface area (Å²) in [5.41, 5.74) is 2.25. The van der Waals surface area contributed by atoms with E-state index in [1.54, 1.807) is 6.20 Å². The highest BCUT2D eigenvalue weighted by molar-refractivity contribution is 5.74. The number of amides is 2. The van der Waals surface area contributed by atoms with Crippen LogP contribution in [0.1, 0.15) is 36.8 Å². The SMILES string of the molecule is Cc1ccncc1CNC(=O)N1CCCCCC1. The Morgan fingerprint density at radius 3 is 2.72 bits per heavy atom. The summed E-state index contributed by atoms with van der Waals surface area (Å²) in [4.78, 5) is 18.0. The van der Waals surface area contributed by atoms with Crippen molar-refractivity contribution < 1.29 is 4.79 Å². The van der Waals surface area contributed by atoms with Gasteiger partial charge in [-0.15, -0.1) is 0 Å². The second kappa shape index (κ2) is 6.38. The van der Waals surface area contributed by atoms with Crippen molar-refractivity contribution in [2.45, 2.75) is 39.2 Å². The summed E-state index contributed by atoms with van der Waals surface area (Å²) >= 11 is 0. The number of carbonyl (C=O) groups is 1. The number of hydrogen-bond donors (Lipinski definition) is 1. The lowest BCUT2D eigenvalue weighted by Crippen LogP contribution is -2.40. The van der Waals surface area contributed by atoms with E-state index >= 15 is 0 Å². The van der Waals surface area contributed by atoms with E-state index in [0.717, 1.165) is 31.5 Å². The fourth-order valence-electron chi connectivity index (χ4n) is 2.24. The summed E-state index contributed by atoms with van der Waals surface area (Å²) in [5, 5.41) is 2.98. The van der Waals surface area contributed by atoms with Crippen molar-refractivity contribution in [3.63, 3.8) is 0 Å². The van der Waals surface area contributed by atoms with Crippen LogP contribution < -0.4 is 5.32 Å². The number of nitrogens with one attached hydrogen (secondary N) is 1. The molecule has 0 atom stereocenters. The molecule has 18 heavy (non-hydrogen) atoms. The van der Waals surface area contributed by atoms with Crippen molar-refractivity contribution in [1.82, 2.24) is 15.2 Å². The van der Waals surface area contributed by atoms with Gasteiger partial charge in [0.2, 0.25) is 0 Å². The van der Waals surface area contributed by atoms with Gasteiger partial charge in [-0.05, 0) is 37.0 Å². The molecular weight excluding hydrogens is 226 g/mol. The third kappa shape index (κ3) is 3.45. The zero-order valence-electron chi connectivity index (χ0n) is 11.0. The zero-order chi connectivity index (χ0) is 12.8. The third-order valence-corrected chi connectivity index (χ3v) is 3.47. The normalized spacial score (nSPS) is 16.2. The Balaban J connectivity index is 1.86. The molecular formula is C14H21N3O. The second-order valence-corrected chi connectivity index (χ2v) is 4.86. The van der Waals surface area contributed by atoms with Crippen LogP contribution in [0.25, 0.3) is 0 Å². The Labute approximate surface area is 108 Å². The van der Waals surface area contributed by atoms with Gasteiger partial charge < -0.3 is 10.2 Å². The molecule has 2 rings (SSSR count). The maximum Gasteiger partial charge on any atom is 0.317 e. The van der Waals surface area contributed by atoms with Gasteiger partial charge in [0.1, 0.15) is 0 Å². The van der Waals surface area contributed by atoms with E-state index in [-0.39, 0.29) is 6.03 Å². The number of hydrogen-bond acceptors (Lipinski definition) is 2. The smallest absolute Gasteiger partial charge is 0.317 e. The van der Waals surface area contributed by atoms with Gasteiger partial charge in [0.05, 0.1) is 0 Å². The van der Waals surface area contributed by atoms with Gasteiger partial charge in [-0.3, -0.25) is 4.98 Å². The quantitative estimate of drug-likeness (QED) is 0.872. The number of urea groups is 1. The highest BCUT2D eigenvalue weighted by atomic mass is 16.2. The molecule has 1 aromatic heterocycles. The monoisotopic (exact) mass is 247 g/mol. The topological polar surface area (TPSA) is 45.2 Å². The first-order valence-electron chi connectivity index (χ1n) is 6.69. The number of aryl methyl sites for hydroxylation is 1. The molecule has 1 N–H and O–H groups in total. The van der Waals surface area contributed by atoms with Crippen LogP contribution in [-0.4, -0.2) is 29.0 Å². The first-order chi connectivity index (χ1) is 8.77. The summed E-state index contributed by atoms with van der Waals surface area (Å²) in [6.45, 7) is 4.37. The van der Waals surface area contributed by atoms with E-state index in [2.05, 4.69) is 10.3 Å². The number of pyridine rings is 1. The molecule has 0 unspecified atom stereocenters. The van der Waals surface area contributed by atoms with Crippen LogP contribution in [0.5, 0.6) is 0 Å². The predicted octanol–water partition coefficient (Wildman–Crippen LogP) is 2.48. The van der Waals surface area contributed by atoms with Gasteiger partial charge in [0.25, 0.3) is 0 Å². The van der Waals surface area contributed by atoms with Crippen molar-refractivity contribution in [1.29, 1.82) is 0 Å². The van der Waals surface area contributed by atoms with Crippen molar-refractivity contribution in [3.8, 4) is 0 Å². The molecule has 1 aromatic rings. The highest BCUT2D eigenvalue weighted by Crippen LogP contribution is 2.10. The van der Waals surface area contributed by atoms with E-state index in [9.17, 15) is 4.79 Å². The molecule has 4 nitrogen and oxygen atoms in total. The van der Waals surface area contributed by atoms with E-state index in [4.69, 9.17) is 0 Å². The van der Waals surface area contributed by atoms with Crippen molar-refractivity contribution >= 4 is 6.03 Å². The average molecular weight is 247 g/mol. The van der Waals surface area contributed by atoms with Crippen LogP contribution >= 0.6 is 0 Å². The standard InChI is InChI=1S/C14H21N3O/c1-12-6-7-15-10-13(12)11-16-14(18)17-8-4-2-3-5-9-17/h6-7,10H,2-5,8-9,11H2,1H3,(H,16,18). The molecule has 1 saturated heterocycles. The van der Waals surface area contributed by atoms with Gasteiger partial charge in [-0.25, -0.2) is 4.79 Å². The van der Waals surface area contributed by atoms with Gasteiger partial charge in [-0.1, -0.05) is 12.8 Å². The van der Waals surface area contributed by atoms with Crippen LogP contribution in [-0.2, 0) is 6.54 Å². The number of carbonyl (C=O) groups excluding carboxylic acids is 1. The molecule has 2 amide bonds. The summed E-state index contributed by atoms with van der Waals surface area (Å²) in [6, 6.07) is 2.02. The third-order valence-electron chi connectivity index (χ3n) is 3.47. The van der Waals surface area contributed by atoms with E-state index < -0.39 is 0 Å². The minimum atomic E-state index is 0.0557. The largest absolute Gasteiger partial charge is 0.334 e. The minimum absolute atomic E-state index is 0.0557. The number of aromatic nitrogens is 1. The van der Waals surface area contributed by atoms with Crippen LogP contribution in [0, 0.1) is 6.92 Å². The fraction of sp³-hybridized carbons (Fsp3) is 0.571. The first-order valence-corrected chi connectivity index (χ1v) is 6.69. The molecule has 0 saturated carbocycles. The fourth-order valence-corrected chi connectivity index (χ4v) is 2.24. The van der Waals surface area contributed by atoms with Crippen LogP contribution in [0.2, 0.25) is 0 Å². The first kappa shape index (κ1) is 12.9. The Bertz CT molecular complexity index is 398. The lowest BCUT2D eigenvalue weighted by atomic mass is 10.2. The Kier molecular flexibility index (Phi) is 4.56. The number of rotatable bonds is 2. The molecule has 0 aliphatic carbocycles. The molecule has 4 heteroatoms. The molecule has 0 aromatic carbocycles. The van der Waals surface area contributed by atoms with E-state index in [0.29, 0.717) is 6.54 Å². The lowest BCUT2D eigenvalue weighted by molar-refractivity contribution is 0.199. The Morgan fingerprint density at radius 1 is 1.33 bits per heavy atom. The predicted molar refractivity (Wildman–Crippen MR) is 71.3 cm³/mol. The van der Waals surface area contributed by atoms with Gasteiger partial charge >= 0.3 is 6.03 Å². The van der Waals surface area contributed by atoms with Crippen LogP contribution in [0.3, 0.4) is 0 Å². The molecule has 0 radical (unpaired) electrons. The van der Waals surface area contributed by atoms with E-state index in [1.165, 1.54) is 18.4 Å². The van der Waals surface area contributed by atoms with Crippen LogP contribution in [0.15, 0.2) is 18.5 Å². The number of nitrogens with zero attached hydrogens (tertiary/aromatic N) is 2. The molecule has 98 valence electrons.